The molecule has 0 saturated carbocycles. The summed E-state index contributed by atoms with van der Waals surface area (Å²) in [6, 6.07) is 4.64. The number of benzene rings is 1. The number of ether oxygens (including phenoxy) is 2. The zero-order valence-corrected chi connectivity index (χ0v) is 20.9. The average molecular weight is 435 g/mol. The topological polar surface area (TPSA) is 18.5 Å². The molecule has 0 fully saturated rings. The van der Waals surface area contributed by atoms with Gasteiger partial charge in [0.2, 0.25) is 0 Å². The van der Waals surface area contributed by atoms with Crippen LogP contribution in [0.2, 0.25) is 0 Å². The Balaban J connectivity index is 3.77. The van der Waals surface area contributed by atoms with Gasteiger partial charge in [0, 0.05) is 32.7 Å². The van der Waals surface area contributed by atoms with E-state index in [0.29, 0.717) is 13.2 Å². The molecule has 27 heavy (non-hydrogen) atoms. The number of rotatable bonds is 9. The molecule has 156 valence electrons. The van der Waals surface area contributed by atoms with Crippen LogP contribution in [-0.4, -0.2) is 27.4 Å². The minimum Gasteiger partial charge on any atom is -0.385 e. The Hall–Kier alpha value is 0.150. The molecule has 0 spiro atoms. The SMILES string of the molecule is COCCC(C)(C)c1cc(C(C)(C)C)cc(C(C)(C)CCOC)c1P(Cl)Cl. The summed E-state index contributed by atoms with van der Waals surface area (Å²) < 4.78 is 10.7. The molecule has 1 aromatic rings. The van der Waals surface area contributed by atoms with E-state index in [1.807, 2.05) is 0 Å². The molecule has 2 nitrogen and oxygen atoms in total. The Bertz CT molecular complexity index is 578. The third-order valence-electron chi connectivity index (χ3n) is 5.47. The first kappa shape index (κ1) is 25.2. The van der Waals surface area contributed by atoms with Crippen molar-refractivity contribution in [2.75, 3.05) is 27.4 Å². The number of halogens is 2. The van der Waals surface area contributed by atoms with Gasteiger partial charge in [0.25, 0.3) is 0 Å². The Morgan fingerprint density at radius 3 is 1.41 bits per heavy atom. The van der Waals surface area contributed by atoms with Crippen LogP contribution in [0.4, 0.5) is 0 Å². The molecular weight excluding hydrogens is 398 g/mol. The second kappa shape index (κ2) is 9.77. The predicted octanol–water partition coefficient (Wildman–Crippen LogP) is 7.03. The average Bonchev–Trinajstić information content (AvgIpc) is 2.56. The van der Waals surface area contributed by atoms with E-state index in [1.165, 1.54) is 16.7 Å². The van der Waals surface area contributed by atoms with Crippen LogP contribution in [0.15, 0.2) is 12.1 Å². The van der Waals surface area contributed by atoms with Crippen LogP contribution in [0.5, 0.6) is 0 Å². The Labute approximate surface area is 177 Å². The van der Waals surface area contributed by atoms with Gasteiger partial charge in [-0.2, -0.15) is 0 Å². The predicted molar refractivity (Wildman–Crippen MR) is 122 cm³/mol. The van der Waals surface area contributed by atoms with E-state index in [9.17, 15) is 0 Å². The summed E-state index contributed by atoms with van der Waals surface area (Å²) in [5, 5.41) is 1.11. The van der Waals surface area contributed by atoms with E-state index < -0.39 is 6.63 Å². The largest absolute Gasteiger partial charge is 0.385 e. The molecule has 5 heteroatoms. The van der Waals surface area contributed by atoms with Gasteiger partial charge in [-0.3, -0.25) is 0 Å². The monoisotopic (exact) mass is 434 g/mol. The lowest BCUT2D eigenvalue weighted by molar-refractivity contribution is 0.173. The third kappa shape index (κ3) is 6.58. The highest BCUT2D eigenvalue weighted by Gasteiger charge is 2.34. The second-order valence-corrected chi connectivity index (χ2v) is 13.1. The number of hydrogen-bond acceptors (Lipinski definition) is 2. The Morgan fingerprint density at radius 2 is 1.15 bits per heavy atom. The van der Waals surface area contributed by atoms with E-state index in [1.54, 1.807) is 14.2 Å². The minimum absolute atomic E-state index is 0.0398. The third-order valence-corrected chi connectivity index (χ3v) is 7.30. The quantitative estimate of drug-likeness (QED) is 0.388. The van der Waals surface area contributed by atoms with E-state index in [4.69, 9.17) is 32.0 Å². The molecule has 0 N–H and O–H groups in total. The molecule has 0 aliphatic heterocycles. The fraction of sp³-hybridized carbons (Fsp3) is 0.727. The highest BCUT2D eigenvalue weighted by molar-refractivity contribution is 8.09. The summed E-state index contributed by atoms with van der Waals surface area (Å²) in [6.07, 6.45) is 1.83. The van der Waals surface area contributed by atoms with Gasteiger partial charge in [-0.25, -0.2) is 0 Å². The number of methoxy groups -OCH3 is 2. The first-order valence-electron chi connectivity index (χ1n) is 9.57. The summed E-state index contributed by atoms with van der Waals surface area (Å²) in [4.78, 5) is 0. The zero-order valence-electron chi connectivity index (χ0n) is 18.5. The van der Waals surface area contributed by atoms with Crippen molar-refractivity contribution in [1.82, 2.24) is 0 Å². The highest BCUT2D eigenvalue weighted by atomic mass is 35.9. The van der Waals surface area contributed by atoms with Gasteiger partial charge < -0.3 is 9.47 Å². The van der Waals surface area contributed by atoms with Crippen LogP contribution < -0.4 is 5.30 Å². The molecule has 0 saturated heterocycles. The molecule has 0 aromatic heterocycles. The first-order valence-corrected chi connectivity index (χ1v) is 12.7. The first-order chi connectivity index (χ1) is 12.3. The van der Waals surface area contributed by atoms with Crippen molar-refractivity contribution >= 4 is 34.4 Å². The van der Waals surface area contributed by atoms with Crippen molar-refractivity contribution in [3.63, 3.8) is 0 Å². The van der Waals surface area contributed by atoms with Crippen molar-refractivity contribution in [2.45, 2.75) is 77.6 Å². The van der Waals surface area contributed by atoms with Gasteiger partial charge in [0.15, 0.2) is 0 Å². The molecule has 0 heterocycles. The fourth-order valence-corrected chi connectivity index (χ4v) is 5.46. The van der Waals surface area contributed by atoms with Crippen molar-refractivity contribution < 1.29 is 9.47 Å². The van der Waals surface area contributed by atoms with Gasteiger partial charge in [-0.05, 0) is 45.8 Å². The molecule has 0 aliphatic carbocycles. The van der Waals surface area contributed by atoms with Gasteiger partial charge in [-0.1, -0.05) is 83.1 Å². The molecule has 0 aliphatic rings. The minimum atomic E-state index is -1.28. The van der Waals surface area contributed by atoms with Crippen LogP contribution in [-0.2, 0) is 25.7 Å². The molecule has 0 amide bonds. The highest BCUT2D eigenvalue weighted by Crippen LogP contribution is 2.51. The van der Waals surface area contributed by atoms with Gasteiger partial charge in [-0.15, -0.1) is 0 Å². The fourth-order valence-electron chi connectivity index (χ4n) is 3.27. The molecule has 0 unspecified atom stereocenters. The van der Waals surface area contributed by atoms with Crippen LogP contribution in [0.3, 0.4) is 0 Å². The van der Waals surface area contributed by atoms with Gasteiger partial charge >= 0.3 is 0 Å². The maximum absolute atomic E-state index is 6.63. The summed E-state index contributed by atoms with van der Waals surface area (Å²) in [5.41, 5.74) is 3.70. The van der Waals surface area contributed by atoms with Gasteiger partial charge in [0.1, 0.15) is 6.63 Å². The van der Waals surface area contributed by atoms with Gasteiger partial charge in [0.05, 0.1) is 0 Å². The summed E-state index contributed by atoms with van der Waals surface area (Å²) in [6.45, 7) is 15.9. The normalized spacial score (nSPS) is 13.5. The van der Waals surface area contributed by atoms with Crippen molar-refractivity contribution in [2.24, 2.45) is 0 Å². The Morgan fingerprint density at radius 1 is 0.778 bits per heavy atom. The summed E-state index contributed by atoms with van der Waals surface area (Å²) >= 11 is 13.3. The number of hydrogen-bond donors (Lipinski definition) is 0. The summed E-state index contributed by atoms with van der Waals surface area (Å²) in [5.74, 6) is 0. The Kier molecular flexibility index (Phi) is 9.11. The van der Waals surface area contributed by atoms with E-state index in [2.05, 4.69) is 60.6 Å². The molecule has 0 bridgehead atoms. The molecular formula is C22H37Cl2O2P. The lowest BCUT2D eigenvalue weighted by Crippen LogP contribution is -2.34. The maximum atomic E-state index is 6.63. The standard InChI is InChI=1S/C22H37Cl2O2P/c1-20(2,3)16-14-17(21(4,5)10-12-25-8)19(27(23)24)18(15-16)22(6,7)11-13-26-9/h14-15H,10-13H2,1-9H3. The second-order valence-electron chi connectivity index (χ2n) is 9.66. The maximum Gasteiger partial charge on any atom is 0.117 e. The smallest absolute Gasteiger partial charge is 0.117 e. The lowest BCUT2D eigenvalue weighted by atomic mass is 9.72. The van der Waals surface area contributed by atoms with Crippen LogP contribution in [0, 0.1) is 0 Å². The molecule has 1 aromatic carbocycles. The van der Waals surface area contributed by atoms with E-state index in [-0.39, 0.29) is 16.2 Å². The van der Waals surface area contributed by atoms with E-state index >= 15 is 0 Å². The van der Waals surface area contributed by atoms with Crippen molar-refractivity contribution in [3.8, 4) is 0 Å². The lowest BCUT2D eigenvalue weighted by Gasteiger charge is -2.36. The van der Waals surface area contributed by atoms with Crippen LogP contribution >= 0.6 is 29.1 Å². The molecule has 1 rings (SSSR count). The van der Waals surface area contributed by atoms with Crippen molar-refractivity contribution in [3.05, 3.63) is 28.8 Å². The van der Waals surface area contributed by atoms with Crippen molar-refractivity contribution in [1.29, 1.82) is 0 Å². The zero-order chi connectivity index (χ0) is 21.0. The molecule has 0 radical (unpaired) electrons. The molecule has 0 atom stereocenters. The summed E-state index contributed by atoms with van der Waals surface area (Å²) in [7, 11) is 3.50. The van der Waals surface area contributed by atoms with E-state index in [0.717, 1.165) is 18.1 Å². The van der Waals surface area contributed by atoms with Crippen LogP contribution in [0.25, 0.3) is 0 Å². The van der Waals surface area contributed by atoms with Crippen LogP contribution in [0.1, 0.15) is 78.0 Å².